The molecular formula is C25H29F3N4OS. The van der Waals surface area contributed by atoms with E-state index in [4.69, 9.17) is 17.0 Å². The summed E-state index contributed by atoms with van der Waals surface area (Å²) in [5.41, 5.74) is 0.385. The van der Waals surface area contributed by atoms with Crippen LogP contribution in [0.5, 0.6) is 5.75 Å². The van der Waals surface area contributed by atoms with Crippen LogP contribution in [0.15, 0.2) is 36.5 Å². The van der Waals surface area contributed by atoms with Gasteiger partial charge in [-0.1, -0.05) is 0 Å². The molecule has 0 unspecified atom stereocenters. The number of thiocarbonyl (C=S) groups is 1. The van der Waals surface area contributed by atoms with Gasteiger partial charge in [-0.25, -0.2) is 0 Å². The van der Waals surface area contributed by atoms with Crippen LogP contribution in [0.3, 0.4) is 0 Å². The molecule has 3 aliphatic rings. The van der Waals surface area contributed by atoms with Gasteiger partial charge in [-0.3, -0.25) is 4.98 Å². The number of pyridine rings is 1. The fraction of sp³-hybridized carbons (Fsp3) is 0.520. The summed E-state index contributed by atoms with van der Waals surface area (Å²) in [5, 5.41) is 0.516. The number of aromatic nitrogens is 1. The Morgan fingerprint density at radius 3 is 2.35 bits per heavy atom. The van der Waals surface area contributed by atoms with Gasteiger partial charge in [-0.05, 0) is 88.6 Å². The maximum atomic E-state index is 13.5. The lowest BCUT2D eigenvalue weighted by Crippen LogP contribution is -2.52. The first-order valence-corrected chi connectivity index (χ1v) is 12.2. The highest BCUT2D eigenvalue weighted by Crippen LogP contribution is 2.47. The zero-order valence-electron chi connectivity index (χ0n) is 19.4. The molecule has 1 aliphatic carbocycles. The number of halogens is 3. The summed E-state index contributed by atoms with van der Waals surface area (Å²) >= 11 is 5.83. The molecule has 9 heteroatoms. The minimum atomic E-state index is -4.45. The zero-order valence-corrected chi connectivity index (χ0v) is 20.3. The number of hydrogen-bond donors (Lipinski definition) is 0. The minimum Gasteiger partial charge on any atom is -0.490 e. The van der Waals surface area contributed by atoms with Gasteiger partial charge in [0.1, 0.15) is 11.9 Å². The number of anilines is 2. The van der Waals surface area contributed by atoms with Crippen molar-refractivity contribution in [1.29, 1.82) is 0 Å². The lowest BCUT2D eigenvalue weighted by atomic mass is 9.76. The van der Waals surface area contributed by atoms with Gasteiger partial charge in [0, 0.05) is 31.0 Å². The molecule has 0 N–H and O–H groups in total. The van der Waals surface area contributed by atoms with Crippen molar-refractivity contribution < 1.29 is 17.9 Å². The van der Waals surface area contributed by atoms with E-state index in [0.29, 0.717) is 17.3 Å². The van der Waals surface area contributed by atoms with E-state index in [2.05, 4.69) is 21.8 Å². The Bertz CT molecular complexity index is 1060. The number of benzene rings is 1. The number of rotatable bonds is 4. The lowest BCUT2D eigenvalue weighted by Gasteiger charge is -2.45. The van der Waals surface area contributed by atoms with Gasteiger partial charge in [0.05, 0.1) is 23.0 Å². The summed E-state index contributed by atoms with van der Waals surface area (Å²) in [6.07, 6.45) is 2.25. The predicted molar refractivity (Wildman–Crippen MR) is 131 cm³/mol. The largest absolute Gasteiger partial charge is 0.490 e. The molecule has 5 rings (SSSR count). The molecule has 2 aliphatic heterocycles. The van der Waals surface area contributed by atoms with Gasteiger partial charge >= 0.3 is 6.18 Å². The molecule has 0 bridgehead atoms. The average Bonchev–Trinajstić information content (AvgIpc) is 3.09. The van der Waals surface area contributed by atoms with E-state index in [1.165, 1.54) is 19.2 Å². The van der Waals surface area contributed by atoms with Gasteiger partial charge in [0.25, 0.3) is 0 Å². The van der Waals surface area contributed by atoms with Crippen molar-refractivity contribution in [1.82, 2.24) is 9.88 Å². The van der Waals surface area contributed by atoms with Crippen LogP contribution in [0.4, 0.5) is 24.5 Å². The number of alkyl halides is 3. The molecule has 3 fully saturated rings. The average molecular weight is 491 g/mol. The second-order valence-corrected chi connectivity index (χ2v) is 10.1. The highest BCUT2D eigenvalue weighted by Gasteiger charge is 2.52. The van der Waals surface area contributed by atoms with E-state index in [1.54, 1.807) is 4.90 Å². The molecule has 2 saturated heterocycles. The topological polar surface area (TPSA) is 31.8 Å². The summed E-state index contributed by atoms with van der Waals surface area (Å²) in [6, 6.07) is 9.13. The van der Waals surface area contributed by atoms with Crippen LogP contribution >= 0.6 is 12.2 Å². The first kappa shape index (κ1) is 23.4. The van der Waals surface area contributed by atoms with Crippen LogP contribution in [-0.4, -0.2) is 53.3 Å². The van der Waals surface area contributed by atoms with Crippen molar-refractivity contribution in [3.05, 3.63) is 47.8 Å². The number of hydrogen-bond acceptors (Lipinski definition) is 4. The van der Waals surface area contributed by atoms with Gasteiger partial charge in [-0.2, -0.15) is 13.2 Å². The highest BCUT2D eigenvalue weighted by molar-refractivity contribution is 7.80. The quantitative estimate of drug-likeness (QED) is 0.533. The first-order valence-electron chi connectivity index (χ1n) is 11.8. The van der Waals surface area contributed by atoms with Gasteiger partial charge in [0.15, 0.2) is 5.11 Å². The maximum Gasteiger partial charge on any atom is 0.418 e. The smallest absolute Gasteiger partial charge is 0.418 e. The molecule has 1 saturated carbocycles. The second-order valence-electron chi connectivity index (χ2n) is 9.72. The van der Waals surface area contributed by atoms with Crippen LogP contribution in [0.2, 0.25) is 0 Å². The second kappa shape index (κ2) is 8.68. The van der Waals surface area contributed by atoms with E-state index in [-0.39, 0.29) is 17.3 Å². The molecule has 34 heavy (non-hydrogen) atoms. The third kappa shape index (κ3) is 4.24. The van der Waals surface area contributed by atoms with Gasteiger partial charge in [-0.15, -0.1) is 0 Å². The lowest BCUT2D eigenvalue weighted by molar-refractivity contribution is -0.138. The van der Waals surface area contributed by atoms with E-state index < -0.39 is 11.7 Å². The summed E-state index contributed by atoms with van der Waals surface area (Å²) in [7, 11) is 2.13. The summed E-state index contributed by atoms with van der Waals surface area (Å²) in [4.78, 5) is 10.3. The summed E-state index contributed by atoms with van der Waals surface area (Å²) in [6.45, 7) is 4.01. The highest BCUT2D eigenvalue weighted by atomic mass is 32.1. The van der Waals surface area contributed by atoms with Crippen molar-refractivity contribution in [2.75, 3.05) is 36.5 Å². The third-order valence-electron chi connectivity index (χ3n) is 7.39. The van der Waals surface area contributed by atoms with Crippen molar-refractivity contribution in [2.45, 2.75) is 56.8 Å². The molecule has 1 spiro atoms. The molecular weight excluding hydrogens is 461 g/mol. The Balaban J connectivity index is 1.38. The van der Waals surface area contributed by atoms with Crippen molar-refractivity contribution >= 4 is 28.7 Å². The SMILES string of the molecule is Cc1ncc(N2CC3(CCC3)N(c3ccc(OC4CCN(C)CC4)cc3)C2=S)cc1C(F)(F)F. The standard InChI is InChI=1S/C25H29F3N4OS/c1-17-22(25(26,27)28)14-19(15-29-17)31-16-24(10-3-11-24)32(23(31)34)18-4-6-20(7-5-18)33-21-8-12-30(2)13-9-21/h4-7,14-15,21H,3,8-13,16H2,1-2H3. The third-order valence-corrected chi connectivity index (χ3v) is 7.79. The van der Waals surface area contributed by atoms with Gasteiger partial charge < -0.3 is 19.4 Å². The summed E-state index contributed by atoms with van der Waals surface area (Å²) < 4.78 is 46.7. The first-order chi connectivity index (χ1) is 16.2. The number of ether oxygens (including phenoxy) is 1. The number of likely N-dealkylation sites (tertiary alicyclic amines) is 1. The zero-order chi connectivity index (χ0) is 24.1. The van der Waals surface area contributed by atoms with Crippen LogP contribution in [0.25, 0.3) is 0 Å². The number of nitrogens with zero attached hydrogens (tertiary/aromatic N) is 4. The molecule has 182 valence electrons. The van der Waals surface area contributed by atoms with Crippen molar-refractivity contribution in [3.8, 4) is 5.75 Å². The Morgan fingerprint density at radius 1 is 1.09 bits per heavy atom. The van der Waals surface area contributed by atoms with E-state index in [0.717, 1.165) is 56.6 Å². The van der Waals surface area contributed by atoms with Crippen molar-refractivity contribution in [2.24, 2.45) is 0 Å². The minimum absolute atomic E-state index is 0.0308. The fourth-order valence-corrected chi connectivity index (χ4v) is 5.70. The fourth-order valence-electron chi connectivity index (χ4n) is 5.23. The van der Waals surface area contributed by atoms with Crippen LogP contribution in [-0.2, 0) is 6.18 Å². The molecule has 0 amide bonds. The monoisotopic (exact) mass is 490 g/mol. The number of aryl methyl sites for hydroxylation is 1. The maximum absolute atomic E-state index is 13.5. The predicted octanol–water partition coefficient (Wildman–Crippen LogP) is 5.42. The van der Waals surface area contributed by atoms with Crippen LogP contribution in [0.1, 0.15) is 43.4 Å². The van der Waals surface area contributed by atoms with Gasteiger partial charge in [0.2, 0.25) is 0 Å². The molecule has 3 heterocycles. The molecule has 0 radical (unpaired) electrons. The summed E-state index contributed by atoms with van der Waals surface area (Å²) in [5.74, 6) is 0.834. The Hall–Kier alpha value is -2.39. The molecule has 5 nitrogen and oxygen atoms in total. The van der Waals surface area contributed by atoms with Crippen LogP contribution < -0.4 is 14.5 Å². The Morgan fingerprint density at radius 2 is 1.76 bits per heavy atom. The normalized spacial score (nSPS) is 21.3. The van der Waals surface area contributed by atoms with E-state index >= 15 is 0 Å². The Labute approximate surface area is 203 Å². The number of piperidine rings is 1. The molecule has 2 aromatic rings. The van der Waals surface area contributed by atoms with Crippen molar-refractivity contribution in [3.63, 3.8) is 0 Å². The van der Waals surface area contributed by atoms with E-state index in [9.17, 15) is 13.2 Å². The van der Waals surface area contributed by atoms with Crippen LogP contribution in [0, 0.1) is 6.92 Å². The molecule has 0 atom stereocenters. The van der Waals surface area contributed by atoms with E-state index in [1.807, 2.05) is 24.3 Å². The molecule has 1 aromatic carbocycles. The molecule has 1 aromatic heterocycles. The Kier molecular flexibility index (Phi) is 5.96.